The van der Waals surface area contributed by atoms with Crippen molar-refractivity contribution < 1.29 is 9.59 Å². The monoisotopic (exact) mass is 367 g/mol. The van der Waals surface area contributed by atoms with Crippen LogP contribution in [-0.4, -0.2) is 22.1 Å². The van der Waals surface area contributed by atoms with E-state index < -0.39 is 0 Å². The average molecular weight is 367 g/mol. The molecule has 0 bridgehead atoms. The highest BCUT2D eigenvalue weighted by Gasteiger charge is 2.13. The molecule has 1 aromatic heterocycles. The number of nitrogens with zero attached hydrogens (tertiary/aromatic N) is 2. The molecule has 0 unspecified atom stereocenters. The zero-order valence-corrected chi connectivity index (χ0v) is 14.8. The van der Waals surface area contributed by atoms with Crippen LogP contribution in [0.3, 0.4) is 0 Å². The predicted molar refractivity (Wildman–Crippen MR) is 101 cm³/mol. The Hall–Kier alpha value is -3.26. The fourth-order valence-corrected chi connectivity index (χ4v) is 2.85. The van der Waals surface area contributed by atoms with Gasteiger partial charge in [0.15, 0.2) is 0 Å². The van der Waals surface area contributed by atoms with Gasteiger partial charge in [0, 0.05) is 11.4 Å². The van der Waals surface area contributed by atoms with Gasteiger partial charge in [-0.25, -0.2) is 4.79 Å². The lowest BCUT2D eigenvalue weighted by Crippen LogP contribution is -2.28. The fraction of sp³-hybridized carbons (Fsp3) is 0.111. The molecule has 26 heavy (non-hydrogen) atoms. The van der Waals surface area contributed by atoms with Gasteiger partial charge in [-0.05, 0) is 36.8 Å². The van der Waals surface area contributed by atoms with E-state index in [2.05, 4.69) is 26.1 Å². The third-order valence-electron chi connectivity index (χ3n) is 3.37. The van der Waals surface area contributed by atoms with Gasteiger partial charge in [-0.15, -0.1) is 10.2 Å². The number of para-hydroxylation sites is 1. The van der Waals surface area contributed by atoms with Crippen molar-refractivity contribution in [2.45, 2.75) is 13.5 Å². The molecule has 0 saturated heterocycles. The van der Waals surface area contributed by atoms with E-state index in [1.807, 2.05) is 49.4 Å². The first-order valence-electron chi connectivity index (χ1n) is 7.90. The molecule has 3 amide bonds. The Balaban J connectivity index is 1.52. The molecule has 0 aliphatic heterocycles. The minimum atomic E-state index is -0.346. The van der Waals surface area contributed by atoms with Crippen LogP contribution >= 0.6 is 11.3 Å². The second kappa shape index (κ2) is 8.21. The largest absolute Gasteiger partial charge is 0.331 e. The van der Waals surface area contributed by atoms with Crippen LogP contribution in [0, 0.1) is 6.92 Å². The summed E-state index contributed by atoms with van der Waals surface area (Å²) in [6, 6.07) is 16.3. The topological polar surface area (TPSA) is 96.0 Å². The number of aryl methyl sites for hydroxylation is 1. The molecular formula is C18H17N5O2S. The van der Waals surface area contributed by atoms with Crippen molar-refractivity contribution in [3.05, 3.63) is 70.2 Å². The molecule has 7 nitrogen and oxygen atoms in total. The molecule has 0 spiro atoms. The SMILES string of the molecule is Cc1cccc(NC(=O)NCc2nnc(C(=O)Nc3ccccc3)s2)c1. The summed E-state index contributed by atoms with van der Waals surface area (Å²) in [5.74, 6) is -0.329. The molecule has 2 aromatic carbocycles. The molecule has 3 rings (SSSR count). The van der Waals surface area contributed by atoms with E-state index in [9.17, 15) is 9.59 Å². The van der Waals surface area contributed by atoms with Gasteiger partial charge in [0.1, 0.15) is 5.01 Å². The number of aromatic nitrogens is 2. The molecule has 3 N–H and O–H groups in total. The first-order chi connectivity index (χ1) is 12.6. The second-order valence-electron chi connectivity index (χ2n) is 5.50. The number of carbonyl (C=O) groups is 2. The van der Waals surface area contributed by atoms with E-state index in [1.54, 1.807) is 12.1 Å². The van der Waals surface area contributed by atoms with Crippen LogP contribution in [0.5, 0.6) is 0 Å². The van der Waals surface area contributed by atoms with Crippen molar-refractivity contribution in [2.75, 3.05) is 10.6 Å². The molecule has 8 heteroatoms. The summed E-state index contributed by atoms with van der Waals surface area (Å²) in [7, 11) is 0. The van der Waals surface area contributed by atoms with E-state index in [0.29, 0.717) is 16.4 Å². The van der Waals surface area contributed by atoms with Gasteiger partial charge in [0.2, 0.25) is 5.01 Å². The van der Waals surface area contributed by atoms with E-state index in [-0.39, 0.29) is 23.5 Å². The molecule has 0 saturated carbocycles. The number of amides is 3. The number of urea groups is 1. The van der Waals surface area contributed by atoms with E-state index >= 15 is 0 Å². The average Bonchev–Trinajstić information content (AvgIpc) is 3.10. The second-order valence-corrected chi connectivity index (χ2v) is 6.56. The number of anilines is 2. The summed E-state index contributed by atoms with van der Waals surface area (Å²) in [6.07, 6.45) is 0. The van der Waals surface area contributed by atoms with Crippen molar-refractivity contribution in [3.8, 4) is 0 Å². The summed E-state index contributed by atoms with van der Waals surface area (Å²) >= 11 is 1.13. The predicted octanol–water partition coefficient (Wildman–Crippen LogP) is 3.42. The van der Waals surface area contributed by atoms with Crippen LogP contribution in [0.25, 0.3) is 0 Å². The fourth-order valence-electron chi connectivity index (χ4n) is 2.18. The van der Waals surface area contributed by atoms with Gasteiger partial charge in [0.05, 0.1) is 6.54 Å². The molecule has 0 aliphatic carbocycles. The number of hydrogen-bond donors (Lipinski definition) is 3. The maximum atomic E-state index is 12.1. The molecule has 132 valence electrons. The minimum Gasteiger partial charge on any atom is -0.331 e. The van der Waals surface area contributed by atoms with Crippen LogP contribution in [-0.2, 0) is 6.54 Å². The van der Waals surface area contributed by atoms with E-state index in [1.165, 1.54) is 0 Å². The highest BCUT2D eigenvalue weighted by atomic mass is 32.1. The molecule has 3 aromatic rings. The smallest absolute Gasteiger partial charge is 0.319 e. The molecule has 0 atom stereocenters. The number of carbonyl (C=O) groups excluding carboxylic acids is 2. The highest BCUT2D eigenvalue weighted by molar-refractivity contribution is 7.13. The lowest BCUT2D eigenvalue weighted by molar-refractivity contribution is 0.102. The Kier molecular flexibility index (Phi) is 5.55. The van der Waals surface area contributed by atoms with Gasteiger partial charge >= 0.3 is 6.03 Å². The maximum Gasteiger partial charge on any atom is 0.319 e. The van der Waals surface area contributed by atoms with Gasteiger partial charge in [-0.1, -0.05) is 41.7 Å². The third-order valence-corrected chi connectivity index (χ3v) is 4.29. The van der Waals surface area contributed by atoms with Crippen molar-refractivity contribution in [2.24, 2.45) is 0 Å². The van der Waals surface area contributed by atoms with Crippen LogP contribution in [0.2, 0.25) is 0 Å². The first-order valence-corrected chi connectivity index (χ1v) is 8.72. The molecule has 0 aliphatic rings. The van der Waals surface area contributed by atoms with Crippen LogP contribution in [0.4, 0.5) is 16.2 Å². The van der Waals surface area contributed by atoms with Crippen molar-refractivity contribution >= 4 is 34.6 Å². The summed E-state index contributed by atoms with van der Waals surface area (Å²) in [4.78, 5) is 24.1. The Morgan fingerprint density at radius 2 is 1.73 bits per heavy atom. The molecule has 0 radical (unpaired) electrons. The molecule has 1 heterocycles. The summed E-state index contributed by atoms with van der Waals surface area (Å²) < 4.78 is 0. The number of benzene rings is 2. The zero-order chi connectivity index (χ0) is 18.4. The Morgan fingerprint density at radius 3 is 2.50 bits per heavy atom. The Labute approximate surface area is 154 Å². The first kappa shape index (κ1) is 17.6. The lowest BCUT2D eigenvalue weighted by Gasteiger charge is -2.06. The molecule has 0 fully saturated rings. The quantitative estimate of drug-likeness (QED) is 0.644. The van der Waals surface area contributed by atoms with Crippen LogP contribution < -0.4 is 16.0 Å². The van der Waals surface area contributed by atoms with Gasteiger partial charge in [-0.3, -0.25) is 4.79 Å². The summed E-state index contributed by atoms with van der Waals surface area (Å²) in [6.45, 7) is 2.14. The minimum absolute atomic E-state index is 0.188. The van der Waals surface area contributed by atoms with Gasteiger partial charge < -0.3 is 16.0 Å². The Morgan fingerprint density at radius 1 is 0.962 bits per heavy atom. The van der Waals surface area contributed by atoms with Gasteiger partial charge in [0.25, 0.3) is 5.91 Å². The maximum absolute atomic E-state index is 12.1. The number of rotatable bonds is 5. The van der Waals surface area contributed by atoms with E-state index in [4.69, 9.17) is 0 Å². The summed E-state index contributed by atoms with van der Waals surface area (Å²) in [5.41, 5.74) is 2.45. The zero-order valence-electron chi connectivity index (χ0n) is 14.0. The number of nitrogens with one attached hydrogen (secondary N) is 3. The van der Waals surface area contributed by atoms with Gasteiger partial charge in [-0.2, -0.15) is 0 Å². The van der Waals surface area contributed by atoms with Crippen LogP contribution in [0.1, 0.15) is 20.4 Å². The third kappa shape index (κ3) is 4.87. The van der Waals surface area contributed by atoms with Crippen molar-refractivity contribution in [3.63, 3.8) is 0 Å². The van der Waals surface area contributed by atoms with Crippen LogP contribution in [0.15, 0.2) is 54.6 Å². The van der Waals surface area contributed by atoms with Crippen molar-refractivity contribution in [1.29, 1.82) is 0 Å². The number of hydrogen-bond acceptors (Lipinski definition) is 5. The van der Waals surface area contributed by atoms with E-state index in [0.717, 1.165) is 16.9 Å². The standard InChI is InChI=1S/C18H17N5O2S/c1-12-6-5-9-14(10-12)21-18(25)19-11-15-22-23-17(26-15)16(24)20-13-7-3-2-4-8-13/h2-10H,11H2,1H3,(H,20,24)(H2,19,21,25). The normalized spacial score (nSPS) is 10.2. The summed E-state index contributed by atoms with van der Waals surface area (Å²) in [5, 5.41) is 16.8. The highest BCUT2D eigenvalue weighted by Crippen LogP contribution is 2.13. The lowest BCUT2D eigenvalue weighted by atomic mass is 10.2. The Bertz CT molecular complexity index is 911. The van der Waals surface area contributed by atoms with Crippen molar-refractivity contribution in [1.82, 2.24) is 15.5 Å². The molecular weight excluding hydrogens is 350 g/mol.